The van der Waals surface area contributed by atoms with Crippen LogP contribution < -0.4 is 0 Å². The maximum absolute atomic E-state index is 12.2. The lowest BCUT2D eigenvalue weighted by molar-refractivity contribution is -0.145. The van der Waals surface area contributed by atoms with Crippen molar-refractivity contribution in [2.45, 2.75) is 26.8 Å². The lowest BCUT2D eigenvalue weighted by Gasteiger charge is -2.27. The van der Waals surface area contributed by atoms with Crippen LogP contribution in [0.5, 0.6) is 0 Å². The molecule has 0 aliphatic rings. The molecule has 5 nitrogen and oxygen atoms in total. The Morgan fingerprint density at radius 1 is 1.39 bits per heavy atom. The Morgan fingerprint density at radius 2 is 2.06 bits per heavy atom. The van der Waals surface area contributed by atoms with Crippen molar-refractivity contribution in [1.82, 2.24) is 4.90 Å². The molecular weight excluding hydrogens is 234 g/mol. The number of furan rings is 1. The molecule has 0 aliphatic heterocycles. The zero-order valence-corrected chi connectivity index (χ0v) is 11.2. The van der Waals surface area contributed by atoms with E-state index in [1.807, 2.05) is 13.8 Å². The molecule has 1 aromatic rings. The summed E-state index contributed by atoms with van der Waals surface area (Å²) in [5, 5.41) is 0. The van der Waals surface area contributed by atoms with Gasteiger partial charge >= 0.3 is 5.97 Å². The van der Waals surface area contributed by atoms with Gasteiger partial charge in [-0.3, -0.25) is 9.59 Å². The fourth-order valence-electron chi connectivity index (χ4n) is 1.64. The van der Waals surface area contributed by atoms with E-state index in [0.717, 1.165) is 0 Å². The molecule has 0 spiro atoms. The fourth-order valence-corrected chi connectivity index (χ4v) is 1.64. The number of hydrogen-bond donors (Lipinski definition) is 0. The Bertz CT molecular complexity index is 397. The van der Waals surface area contributed by atoms with Crippen LogP contribution in [0, 0.1) is 5.92 Å². The van der Waals surface area contributed by atoms with E-state index in [2.05, 4.69) is 4.74 Å². The van der Waals surface area contributed by atoms with Gasteiger partial charge in [-0.05, 0) is 26.0 Å². The smallest absolute Gasteiger partial charge is 0.310 e. The Balaban J connectivity index is 2.78. The van der Waals surface area contributed by atoms with Crippen molar-refractivity contribution in [3.05, 3.63) is 24.2 Å². The predicted octanol–water partition coefficient (Wildman–Crippen LogP) is 1.94. The molecular formula is C13H19NO4. The summed E-state index contributed by atoms with van der Waals surface area (Å²) in [5.74, 6) is -0.629. The van der Waals surface area contributed by atoms with E-state index in [4.69, 9.17) is 4.42 Å². The summed E-state index contributed by atoms with van der Waals surface area (Å²) in [6.45, 7) is 5.83. The first kappa shape index (κ1) is 14.3. The fraction of sp³-hybridized carbons (Fsp3) is 0.538. The van der Waals surface area contributed by atoms with Gasteiger partial charge in [-0.2, -0.15) is 0 Å². The zero-order valence-electron chi connectivity index (χ0n) is 11.2. The summed E-state index contributed by atoms with van der Waals surface area (Å²) in [6, 6.07) is 3.26. The molecule has 0 N–H and O–H groups in total. The van der Waals surface area contributed by atoms with Crippen LogP contribution in [0.3, 0.4) is 0 Å². The highest BCUT2D eigenvalue weighted by molar-refractivity contribution is 5.92. The lowest BCUT2D eigenvalue weighted by atomic mass is 10.1. The number of nitrogens with zero attached hydrogens (tertiary/aromatic N) is 1. The first-order valence-corrected chi connectivity index (χ1v) is 5.89. The first-order valence-electron chi connectivity index (χ1n) is 5.89. The summed E-state index contributed by atoms with van der Waals surface area (Å²) < 4.78 is 9.75. The summed E-state index contributed by atoms with van der Waals surface area (Å²) in [5.41, 5.74) is 0. The summed E-state index contributed by atoms with van der Waals surface area (Å²) >= 11 is 0. The van der Waals surface area contributed by atoms with Crippen LogP contribution in [0.1, 0.15) is 31.3 Å². The third-order valence-corrected chi connectivity index (χ3v) is 2.69. The van der Waals surface area contributed by atoms with E-state index in [-0.39, 0.29) is 29.6 Å². The van der Waals surface area contributed by atoms with E-state index in [1.54, 1.807) is 24.0 Å². The van der Waals surface area contributed by atoms with Crippen LogP contribution in [0.4, 0.5) is 0 Å². The van der Waals surface area contributed by atoms with Gasteiger partial charge in [0.1, 0.15) is 0 Å². The van der Waals surface area contributed by atoms with Gasteiger partial charge in [0.25, 0.3) is 5.91 Å². The van der Waals surface area contributed by atoms with Gasteiger partial charge in [-0.15, -0.1) is 0 Å². The first-order chi connectivity index (χ1) is 8.47. The molecule has 1 aromatic heterocycles. The van der Waals surface area contributed by atoms with Crippen molar-refractivity contribution in [3.8, 4) is 0 Å². The summed E-state index contributed by atoms with van der Waals surface area (Å²) in [6.07, 6.45) is 1.45. The number of esters is 1. The molecule has 0 saturated heterocycles. The largest absolute Gasteiger partial charge is 0.469 e. The van der Waals surface area contributed by atoms with Gasteiger partial charge < -0.3 is 14.1 Å². The summed E-state index contributed by atoms with van der Waals surface area (Å²) in [4.78, 5) is 25.2. The van der Waals surface area contributed by atoms with E-state index in [1.165, 1.54) is 13.4 Å². The average molecular weight is 253 g/mol. The molecule has 1 atom stereocenters. The minimum atomic E-state index is -0.365. The van der Waals surface area contributed by atoms with Crippen molar-refractivity contribution < 1.29 is 18.7 Å². The third kappa shape index (κ3) is 3.35. The standard InChI is InChI=1S/C13H19NO4/c1-9(2)14(8-10(3)13(16)17-4)12(15)11-6-5-7-18-11/h5-7,9-10H,8H2,1-4H3. The molecule has 0 aliphatic carbocycles. The van der Waals surface area contributed by atoms with Gasteiger partial charge in [0.2, 0.25) is 0 Å². The number of carbonyl (C=O) groups excluding carboxylic acids is 2. The number of ether oxygens (including phenoxy) is 1. The zero-order chi connectivity index (χ0) is 13.7. The van der Waals surface area contributed by atoms with Crippen LogP contribution in [0.2, 0.25) is 0 Å². The molecule has 1 rings (SSSR count). The molecule has 0 fully saturated rings. The molecule has 100 valence electrons. The predicted molar refractivity (Wildman–Crippen MR) is 66.1 cm³/mol. The quantitative estimate of drug-likeness (QED) is 0.752. The van der Waals surface area contributed by atoms with Crippen LogP contribution in [-0.2, 0) is 9.53 Å². The molecule has 18 heavy (non-hydrogen) atoms. The van der Waals surface area contributed by atoms with Gasteiger partial charge in [-0.25, -0.2) is 0 Å². The Labute approximate surface area is 107 Å². The topological polar surface area (TPSA) is 59.8 Å². The van der Waals surface area contributed by atoms with Crippen LogP contribution >= 0.6 is 0 Å². The number of methoxy groups -OCH3 is 1. The number of carbonyl (C=O) groups is 2. The van der Waals surface area contributed by atoms with E-state index >= 15 is 0 Å². The minimum absolute atomic E-state index is 0.0188. The molecule has 0 bridgehead atoms. The van der Waals surface area contributed by atoms with Crippen molar-refractivity contribution in [2.24, 2.45) is 5.92 Å². The second kappa shape index (κ2) is 6.23. The molecule has 1 unspecified atom stereocenters. The second-order valence-corrected chi connectivity index (χ2v) is 4.45. The molecule has 1 heterocycles. The normalized spacial score (nSPS) is 12.3. The second-order valence-electron chi connectivity index (χ2n) is 4.45. The molecule has 0 aromatic carbocycles. The van der Waals surface area contributed by atoms with Gasteiger partial charge in [0.15, 0.2) is 5.76 Å². The number of amides is 1. The highest BCUT2D eigenvalue weighted by atomic mass is 16.5. The van der Waals surface area contributed by atoms with E-state index < -0.39 is 0 Å². The molecule has 0 radical (unpaired) electrons. The van der Waals surface area contributed by atoms with Crippen molar-refractivity contribution in [3.63, 3.8) is 0 Å². The van der Waals surface area contributed by atoms with Gasteiger partial charge in [0, 0.05) is 12.6 Å². The van der Waals surface area contributed by atoms with Crippen molar-refractivity contribution in [2.75, 3.05) is 13.7 Å². The molecule has 0 saturated carbocycles. The van der Waals surface area contributed by atoms with Crippen LogP contribution in [0.25, 0.3) is 0 Å². The Hall–Kier alpha value is -1.78. The third-order valence-electron chi connectivity index (χ3n) is 2.69. The SMILES string of the molecule is COC(=O)C(C)CN(C(=O)c1ccco1)C(C)C. The highest BCUT2D eigenvalue weighted by Crippen LogP contribution is 2.12. The van der Waals surface area contributed by atoms with Gasteiger partial charge in [-0.1, -0.05) is 6.92 Å². The van der Waals surface area contributed by atoms with Gasteiger partial charge in [0.05, 0.1) is 19.3 Å². The maximum atomic E-state index is 12.2. The Morgan fingerprint density at radius 3 is 2.50 bits per heavy atom. The molecule has 1 amide bonds. The van der Waals surface area contributed by atoms with E-state index in [0.29, 0.717) is 6.54 Å². The average Bonchev–Trinajstić information content (AvgIpc) is 2.87. The van der Waals surface area contributed by atoms with E-state index in [9.17, 15) is 9.59 Å². The number of hydrogen-bond acceptors (Lipinski definition) is 4. The van der Waals surface area contributed by atoms with Crippen LogP contribution in [-0.4, -0.2) is 36.5 Å². The number of rotatable bonds is 5. The lowest BCUT2D eigenvalue weighted by Crippen LogP contribution is -2.41. The summed E-state index contributed by atoms with van der Waals surface area (Å²) in [7, 11) is 1.34. The molecule has 5 heteroatoms. The Kier molecular flexibility index (Phi) is 4.95. The highest BCUT2D eigenvalue weighted by Gasteiger charge is 2.25. The van der Waals surface area contributed by atoms with Crippen LogP contribution in [0.15, 0.2) is 22.8 Å². The van der Waals surface area contributed by atoms with Crippen molar-refractivity contribution in [1.29, 1.82) is 0 Å². The monoisotopic (exact) mass is 253 g/mol. The minimum Gasteiger partial charge on any atom is -0.469 e. The van der Waals surface area contributed by atoms with Crippen molar-refractivity contribution >= 4 is 11.9 Å². The maximum Gasteiger partial charge on any atom is 0.310 e.